The van der Waals surface area contributed by atoms with E-state index < -0.39 is 0 Å². The molecule has 4 nitrogen and oxygen atoms in total. The first-order valence-corrected chi connectivity index (χ1v) is 17.4. The number of carbonyl (C=O) groups excluding carboxylic acids is 2. The lowest BCUT2D eigenvalue weighted by atomic mass is 9.84. The summed E-state index contributed by atoms with van der Waals surface area (Å²) < 4.78 is -0.315. The van der Waals surface area contributed by atoms with Gasteiger partial charge in [-0.1, -0.05) is 84.7 Å². The molecule has 0 saturated carbocycles. The lowest BCUT2D eigenvalue weighted by Crippen LogP contribution is -2.38. The zero-order valence-electron chi connectivity index (χ0n) is 25.2. The summed E-state index contributed by atoms with van der Waals surface area (Å²) in [5, 5.41) is 6.89. The molecule has 0 fully saturated rings. The van der Waals surface area contributed by atoms with Crippen molar-refractivity contribution in [1.29, 1.82) is 0 Å². The van der Waals surface area contributed by atoms with Crippen LogP contribution in [0.1, 0.15) is 103 Å². The first-order valence-electron chi connectivity index (χ1n) is 12.6. The highest BCUT2D eigenvalue weighted by Gasteiger charge is 2.36. The summed E-state index contributed by atoms with van der Waals surface area (Å²) in [7, 11) is 7.12. The van der Waals surface area contributed by atoms with Crippen LogP contribution in [-0.4, -0.2) is 57.7 Å². The van der Waals surface area contributed by atoms with Gasteiger partial charge in [0, 0.05) is 58.7 Å². The van der Waals surface area contributed by atoms with E-state index in [9.17, 15) is 9.59 Å². The maximum atomic E-state index is 12.3. The average Bonchev–Trinajstić information content (AvgIpc) is 2.63. The molecule has 0 bridgehead atoms. The summed E-state index contributed by atoms with van der Waals surface area (Å²) >= 11 is 0. The molecule has 0 aliphatic carbocycles. The summed E-state index contributed by atoms with van der Waals surface area (Å²) in [5.74, 6) is 3.71. The largest absolute Gasteiger partial charge is 0.311 e. The number of nitrogens with one attached hydrogen (secondary N) is 2. The number of rotatable bonds is 13. The van der Waals surface area contributed by atoms with E-state index in [4.69, 9.17) is 0 Å². The molecule has 35 heavy (non-hydrogen) atoms. The Kier molecular flexibility index (Phi) is 17.9. The molecule has 0 atom stereocenters. The van der Waals surface area contributed by atoms with Gasteiger partial charge in [-0.2, -0.15) is 0 Å². The third-order valence-electron chi connectivity index (χ3n) is 4.51. The molecule has 0 heterocycles. The fraction of sp³-hybridized carbons (Fsp3) is 0.926. The fourth-order valence-electron chi connectivity index (χ4n) is 2.69. The standard InChI is InChI=1S/C14H29NOS2.C13H27NOS2/c1-12(2,3)11(16)14(7,8)18-17-10-9-15-13(4,5)6;1-12(2,3)11(15)7-9-16-17-10-8-14-13(4,5)6/h15H,9-10H2,1-8H3;14H,7-10H2,1-6H3. The van der Waals surface area contributed by atoms with E-state index in [-0.39, 0.29) is 26.7 Å². The van der Waals surface area contributed by atoms with Crippen LogP contribution in [0.25, 0.3) is 0 Å². The van der Waals surface area contributed by atoms with Crippen LogP contribution < -0.4 is 10.6 Å². The molecule has 0 aliphatic heterocycles. The molecule has 0 amide bonds. The minimum absolute atomic E-state index is 0.169. The van der Waals surface area contributed by atoms with E-state index in [1.165, 1.54) is 0 Å². The van der Waals surface area contributed by atoms with Crippen LogP contribution in [-0.2, 0) is 9.59 Å². The number of hydrogen-bond donors (Lipinski definition) is 2. The summed E-state index contributed by atoms with van der Waals surface area (Å²) in [6.07, 6.45) is 0.688. The molecule has 0 aromatic heterocycles. The Labute approximate surface area is 234 Å². The van der Waals surface area contributed by atoms with Crippen LogP contribution in [0, 0.1) is 10.8 Å². The lowest BCUT2D eigenvalue weighted by molar-refractivity contribution is -0.128. The number of hydrogen-bond acceptors (Lipinski definition) is 8. The summed E-state index contributed by atoms with van der Waals surface area (Å²) in [6.45, 7) is 31.0. The maximum Gasteiger partial charge on any atom is 0.154 e. The molecule has 0 aromatic carbocycles. The van der Waals surface area contributed by atoms with E-state index in [0.717, 1.165) is 30.3 Å². The molecular formula is C27H56N2O2S4. The van der Waals surface area contributed by atoms with Crippen molar-refractivity contribution in [2.75, 3.05) is 30.3 Å². The van der Waals surface area contributed by atoms with Crippen molar-refractivity contribution in [3.63, 3.8) is 0 Å². The van der Waals surface area contributed by atoms with Crippen LogP contribution in [0.5, 0.6) is 0 Å². The fourth-order valence-corrected chi connectivity index (χ4v) is 7.15. The van der Waals surface area contributed by atoms with Crippen molar-refractivity contribution in [2.24, 2.45) is 10.8 Å². The average molecular weight is 569 g/mol. The Balaban J connectivity index is 0. The molecule has 0 radical (unpaired) electrons. The highest BCUT2D eigenvalue weighted by molar-refractivity contribution is 8.77. The van der Waals surface area contributed by atoms with E-state index in [1.54, 1.807) is 32.4 Å². The second-order valence-corrected chi connectivity index (χ2v) is 19.2. The van der Waals surface area contributed by atoms with Gasteiger partial charge in [-0.15, -0.1) is 0 Å². The normalized spacial score (nSPS) is 13.3. The molecule has 8 heteroatoms. The summed E-state index contributed by atoms with van der Waals surface area (Å²) in [5.41, 5.74) is -0.0743. The van der Waals surface area contributed by atoms with Gasteiger partial charge in [-0.25, -0.2) is 0 Å². The molecular weight excluding hydrogens is 513 g/mol. The van der Waals surface area contributed by atoms with Crippen molar-refractivity contribution in [2.45, 2.75) is 119 Å². The van der Waals surface area contributed by atoms with Crippen molar-refractivity contribution in [3.8, 4) is 0 Å². The van der Waals surface area contributed by atoms with E-state index in [2.05, 4.69) is 52.2 Å². The van der Waals surface area contributed by atoms with Crippen molar-refractivity contribution in [3.05, 3.63) is 0 Å². The second-order valence-electron chi connectivity index (χ2n) is 13.4. The highest BCUT2D eigenvalue weighted by Crippen LogP contribution is 2.40. The molecule has 0 unspecified atom stereocenters. The molecule has 0 aliphatic rings. The first kappa shape index (κ1) is 37.8. The van der Waals surface area contributed by atoms with Crippen LogP contribution in [0.2, 0.25) is 0 Å². The molecule has 2 N–H and O–H groups in total. The van der Waals surface area contributed by atoms with Crippen molar-refractivity contribution in [1.82, 2.24) is 10.6 Å². The van der Waals surface area contributed by atoms with E-state index >= 15 is 0 Å². The minimum Gasteiger partial charge on any atom is -0.311 e. The zero-order chi connectivity index (χ0) is 28.1. The van der Waals surface area contributed by atoms with Gasteiger partial charge < -0.3 is 10.6 Å². The third-order valence-corrected chi connectivity index (χ3v) is 10.1. The van der Waals surface area contributed by atoms with Crippen LogP contribution in [0.3, 0.4) is 0 Å². The van der Waals surface area contributed by atoms with Gasteiger partial charge in [-0.3, -0.25) is 9.59 Å². The predicted molar refractivity (Wildman–Crippen MR) is 168 cm³/mol. The number of ketones is 2. The smallest absolute Gasteiger partial charge is 0.154 e. The summed E-state index contributed by atoms with van der Waals surface area (Å²) in [6, 6.07) is 0. The quantitative estimate of drug-likeness (QED) is 0.172. The van der Waals surface area contributed by atoms with Gasteiger partial charge in [0.15, 0.2) is 5.78 Å². The maximum absolute atomic E-state index is 12.3. The number of Topliss-reactive ketones (excluding diaryl/α,β-unsaturated/α-hetero) is 2. The first-order chi connectivity index (χ1) is 15.5. The third kappa shape index (κ3) is 23.5. The van der Waals surface area contributed by atoms with Crippen LogP contribution in [0.15, 0.2) is 0 Å². The van der Waals surface area contributed by atoms with Crippen LogP contribution in [0.4, 0.5) is 0 Å². The van der Waals surface area contributed by atoms with Gasteiger partial charge >= 0.3 is 0 Å². The monoisotopic (exact) mass is 568 g/mol. The van der Waals surface area contributed by atoms with Crippen molar-refractivity contribution < 1.29 is 9.59 Å². The predicted octanol–water partition coefficient (Wildman–Crippen LogP) is 7.91. The Morgan fingerprint density at radius 2 is 0.971 bits per heavy atom. The Bertz CT molecular complexity index is 611. The molecule has 0 aromatic rings. The Morgan fingerprint density at radius 1 is 0.571 bits per heavy atom. The van der Waals surface area contributed by atoms with Crippen LogP contribution >= 0.6 is 43.2 Å². The topological polar surface area (TPSA) is 58.2 Å². The Hall–Kier alpha value is 0.660. The zero-order valence-corrected chi connectivity index (χ0v) is 28.5. The highest BCUT2D eigenvalue weighted by atomic mass is 33.1. The molecule has 0 rings (SSSR count). The van der Waals surface area contributed by atoms with E-state index in [0.29, 0.717) is 18.0 Å². The van der Waals surface area contributed by atoms with E-state index in [1.807, 2.05) is 66.2 Å². The molecule has 0 spiro atoms. The number of carbonyl (C=O) groups is 2. The summed E-state index contributed by atoms with van der Waals surface area (Å²) in [4.78, 5) is 23.9. The second kappa shape index (κ2) is 16.6. The van der Waals surface area contributed by atoms with Gasteiger partial charge in [0.05, 0.1) is 4.75 Å². The van der Waals surface area contributed by atoms with Crippen molar-refractivity contribution >= 4 is 54.7 Å². The lowest BCUT2D eigenvalue weighted by Gasteiger charge is -2.29. The minimum atomic E-state index is -0.315. The van der Waals surface area contributed by atoms with Gasteiger partial charge in [-0.05, 0) is 55.4 Å². The van der Waals surface area contributed by atoms with Gasteiger partial charge in [0.25, 0.3) is 0 Å². The van der Waals surface area contributed by atoms with Gasteiger partial charge in [0.1, 0.15) is 5.78 Å². The SMILES string of the molecule is CC(C)(C)NCCSSC(C)(C)C(=O)C(C)(C)C.CC(C)(C)NCCSSCCC(=O)C(C)(C)C. The Morgan fingerprint density at radius 3 is 1.34 bits per heavy atom. The molecule has 0 saturated heterocycles. The molecule has 210 valence electrons. The van der Waals surface area contributed by atoms with Gasteiger partial charge in [0.2, 0.25) is 0 Å².